The second-order valence-electron chi connectivity index (χ2n) is 7.16. The number of esters is 1. The third kappa shape index (κ3) is 6.59. The number of rotatable bonds is 9. The van der Waals surface area contributed by atoms with Crippen molar-refractivity contribution in [1.82, 2.24) is 5.32 Å². The molecule has 7 nitrogen and oxygen atoms in total. The fourth-order valence-corrected chi connectivity index (χ4v) is 4.08. The van der Waals surface area contributed by atoms with Crippen LogP contribution in [-0.4, -0.2) is 32.9 Å². The van der Waals surface area contributed by atoms with Crippen LogP contribution >= 0.6 is 0 Å². The molecule has 0 fully saturated rings. The van der Waals surface area contributed by atoms with Crippen molar-refractivity contribution >= 4 is 22.0 Å². The number of ether oxygens (including phenoxy) is 1. The van der Waals surface area contributed by atoms with Crippen molar-refractivity contribution in [2.24, 2.45) is 0 Å². The molecule has 0 heterocycles. The van der Waals surface area contributed by atoms with E-state index in [9.17, 15) is 18.0 Å². The first-order valence-corrected chi connectivity index (χ1v) is 11.1. The predicted molar refractivity (Wildman–Crippen MR) is 113 cm³/mol. The van der Waals surface area contributed by atoms with E-state index in [2.05, 4.69) is 5.32 Å². The van der Waals surface area contributed by atoms with Crippen molar-refractivity contribution in [2.75, 3.05) is 6.61 Å². The highest BCUT2D eigenvalue weighted by atomic mass is 32.2. The maximum Gasteiger partial charge on any atom is 0.339 e. The Morgan fingerprint density at radius 1 is 1.07 bits per heavy atom. The van der Waals surface area contributed by atoms with Crippen LogP contribution < -0.4 is 9.50 Å². The summed E-state index contributed by atoms with van der Waals surface area (Å²) < 4.78 is 35.3. The third-order valence-corrected chi connectivity index (χ3v) is 5.76. The molecule has 0 radical (unpaired) electrons. The fourth-order valence-electron chi connectivity index (χ4n) is 2.83. The maximum atomic E-state index is 12.5. The largest absolute Gasteiger partial charge is 0.452 e. The zero-order valence-electron chi connectivity index (χ0n) is 17.6. The van der Waals surface area contributed by atoms with Gasteiger partial charge in [0.1, 0.15) is 10.6 Å². The van der Waals surface area contributed by atoms with Gasteiger partial charge in [0, 0.05) is 6.04 Å². The Morgan fingerprint density at radius 3 is 2.37 bits per heavy atom. The summed E-state index contributed by atoms with van der Waals surface area (Å²) >= 11 is 0. The van der Waals surface area contributed by atoms with Gasteiger partial charge in [-0.3, -0.25) is 4.79 Å². The van der Waals surface area contributed by atoms with Gasteiger partial charge in [-0.05, 0) is 68.7 Å². The van der Waals surface area contributed by atoms with Crippen molar-refractivity contribution in [3.05, 3.63) is 59.2 Å². The van der Waals surface area contributed by atoms with E-state index in [0.717, 1.165) is 18.4 Å². The molecular formula is C22H27NO6S. The molecule has 0 aromatic heterocycles. The molecule has 0 aliphatic carbocycles. The standard InChI is InChI=1S/C22H27NO6S/c1-5-6-17(4)23-21(24)14-28-22(25)18-9-11-19(12-10-18)29-30(26,27)20-13-15(2)7-8-16(20)3/h7-13,17H,5-6,14H2,1-4H3,(H,23,24). The lowest BCUT2D eigenvalue weighted by Crippen LogP contribution is -2.35. The monoisotopic (exact) mass is 433 g/mol. The van der Waals surface area contributed by atoms with E-state index in [1.165, 1.54) is 24.3 Å². The summed E-state index contributed by atoms with van der Waals surface area (Å²) in [5.74, 6) is -0.986. The minimum atomic E-state index is -4.01. The van der Waals surface area contributed by atoms with E-state index in [0.29, 0.717) is 5.56 Å². The molecular weight excluding hydrogens is 406 g/mol. The van der Waals surface area contributed by atoms with Crippen LogP contribution in [0.2, 0.25) is 0 Å². The first kappa shape index (κ1) is 23.4. The van der Waals surface area contributed by atoms with Gasteiger partial charge in [0.15, 0.2) is 6.61 Å². The van der Waals surface area contributed by atoms with Crippen LogP contribution in [0, 0.1) is 13.8 Å². The zero-order valence-corrected chi connectivity index (χ0v) is 18.4. The number of carbonyl (C=O) groups excluding carboxylic acids is 2. The minimum Gasteiger partial charge on any atom is -0.452 e. The first-order chi connectivity index (χ1) is 14.1. The molecule has 0 spiro atoms. The summed E-state index contributed by atoms with van der Waals surface area (Å²) in [6, 6.07) is 10.6. The summed E-state index contributed by atoms with van der Waals surface area (Å²) in [5, 5.41) is 2.74. The van der Waals surface area contributed by atoms with Crippen molar-refractivity contribution in [3.63, 3.8) is 0 Å². The predicted octanol–water partition coefficient (Wildman–Crippen LogP) is 3.53. The molecule has 162 valence electrons. The van der Waals surface area contributed by atoms with Crippen LogP contribution in [0.15, 0.2) is 47.4 Å². The first-order valence-electron chi connectivity index (χ1n) is 9.70. The number of nitrogens with one attached hydrogen (secondary N) is 1. The molecule has 2 aromatic carbocycles. The van der Waals surface area contributed by atoms with Crippen molar-refractivity contribution in [1.29, 1.82) is 0 Å². The van der Waals surface area contributed by atoms with Crippen LogP contribution in [0.25, 0.3) is 0 Å². The van der Waals surface area contributed by atoms with Crippen LogP contribution in [0.4, 0.5) is 0 Å². The van der Waals surface area contributed by atoms with Gasteiger partial charge in [0.05, 0.1) is 5.56 Å². The lowest BCUT2D eigenvalue weighted by molar-refractivity contribution is -0.124. The van der Waals surface area contributed by atoms with Crippen LogP contribution in [0.5, 0.6) is 5.75 Å². The highest BCUT2D eigenvalue weighted by Crippen LogP contribution is 2.23. The van der Waals surface area contributed by atoms with Gasteiger partial charge in [-0.25, -0.2) is 4.79 Å². The van der Waals surface area contributed by atoms with Gasteiger partial charge in [-0.1, -0.05) is 25.5 Å². The Kier molecular flexibility index (Phi) is 8.00. The van der Waals surface area contributed by atoms with Crippen molar-refractivity contribution in [3.8, 4) is 5.75 Å². The normalized spacial score (nSPS) is 12.1. The van der Waals surface area contributed by atoms with E-state index < -0.39 is 16.1 Å². The van der Waals surface area contributed by atoms with Gasteiger partial charge in [-0.15, -0.1) is 0 Å². The quantitative estimate of drug-likeness (QED) is 0.480. The van der Waals surface area contributed by atoms with E-state index in [-0.39, 0.29) is 34.8 Å². The summed E-state index contributed by atoms with van der Waals surface area (Å²) in [6.07, 6.45) is 1.78. The summed E-state index contributed by atoms with van der Waals surface area (Å²) in [5.41, 5.74) is 1.56. The molecule has 0 aliphatic rings. The average molecular weight is 434 g/mol. The zero-order chi connectivity index (χ0) is 22.3. The number of carbonyl (C=O) groups is 2. The van der Waals surface area contributed by atoms with Crippen LogP contribution in [0.1, 0.15) is 48.2 Å². The molecule has 2 aromatic rings. The fraction of sp³-hybridized carbons (Fsp3) is 0.364. The molecule has 0 saturated heterocycles. The number of hydrogen-bond donors (Lipinski definition) is 1. The molecule has 8 heteroatoms. The van der Waals surface area contributed by atoms with Gasteiger partial charge in [0.2, 0.25) is 0 Å². The van der Waals surface area contributed by atoms with Crippen molar-refractivity contribution in [2.45, 2.75) is 51.5 Å². The molecule has 0 aliphatic heterocycles. The van der Waals surface area contributed by atoms with E-state index in [1.54, 1.807) is 26.0 Å². The maximum absolute atomic E-state index is 12.5. The summed E-state index contributed by atoms with van der Waals surface area (Å²) in [4.78, 5) is 24.0. The Labute approximate surface area is 177 Å². The Morgan fingerprint density at radius 2 is 1.73 bits per heavy atom. The molecule has 2 rings (SSSR count). The van der Waals surface area contributed by atoms with Gasteiger partial charge in [-0.2, -0.15) is 8.42 Å². The van der Waals surface area contributed by atoms with E-state index in [1.807, 2.05) is 19.9 Å². The number of amides is 1. The van der Waals surface area contributed by atoms with Gasteiger partial charge >= 0.3 is 16.1 Å². The second kappa shape index (κ2) is 10.2. The highest BCUT2D eigenvalue weighted by molar-refractivity contribution is 7.87. The molecule has 30 heavy (non-hydrogen) atoms. The van der Waals surface area contributed by atoms with Crippen LogP contribution in [0.3, 0.4) is 0 Å². The molecule has 1 amide bonds. The van der Waals surface area contributed by atoms with Gasteiger partial charge < -0.3 is 14.2 Å². The number of aryl methyl sites for hydroxylation is 2. The number of hydrogen-bond acceptors (Lipinski definition) is 6. The topological polar surface area (TPSA) is 98.8 Å². The molecule has 1 atom stereocenters. The third-order valence-electron chi connectivity index (χ3n) is 4.37. The molecule has 0 bridgehead atoms. The molecule has 1 unspecified atom stereocenters. The highest BCUT2D eigenvalue weighted by Gasteiger charge is 2.20. The minimum absolute atomic E-state index is 0.0108. The smallest absolute Gasteiger partial charge is 0.339 e. The van der Waals surface area contributed by atoms with Gasteiger partial charge in [0.25, 0.3) is 5.91 Å². The van der Waals surface area contributed by atoms with E-state index in [4.69, 9.17) is 8.92 Å². The SMILES string of the molecule is CCCC(C)NC(=O)COC(=O)c1ccc(OS(=O)(=O)c2cc(C)ccc2C)cc1. The second-order valence-corrected chi connectivity index (χ2v) is 8.68. The van der Waals surface area contributed by atoms with Crippen LogP contribution in [-0.2, 0) is 19.6 Å². The van der Waals surface area contributed by atoms with Crippen molar-refractivity contribution < 1.29 is 26.9 Å². The summed E-state index contributed by atoms with van der Waals surface area (Å²) in [7, 11) is -4.01. The Balaban J connectivity index is 1.98. The molecule has 1 N–H and O–H groups in total. The molecule has 0 saturated carbocycles. The van der Waals surface area contributed by atoms with E-state index >= 15 is 0 Å². The Bertz CT molecular complexity index is 999. The lowest BCUT2D eigenvalue weighted by atomic mass is 10.2. The number of benzene rings is 2. The summed E-state index contributed by atoms with van der Waals surface area (Å²) in [6.45, 7) is 7.00. The average Bonchev–Trinajstić information content (AvgIpc) is 2.68. The Hall–Kier alpha value is -2.87. The lowest BCUT2D eigenvalue weighted by Gasteiger charge is -2.13.